The zero-order valence-electron chi connectivity index (χ0n) is 9.31. The molecule has 6 heteroatoms. The molecule has 0 saturated carbocycles. The number of aryl methyl sites for hydroxylation is 1. The number of rotatable bonds is 5. The standard InChI is InChI=1S/C11H14INO4/c1-7-4-8(6-17-16)2-3-9(7)13-11(15)10(14)5-12/h2-4,10,14,16H,5-6H2,1H3,(H,13,15). The molecule has 94 valence electrons. The van der Waals surface area contributed by atoms with Crippen molar-refractivity contribution in [3.05, 3.63) is 29.3 Å². The van der Waals surface area contributed by atoms with Crippen molar-refractivity contribution in [2.75, 3.05) is 9.74 Å². The highest BCUT2D eigenvalue weighted by Crippen LogP contribution is 2.17. The lowest BCUT2D eigenvalue weighted by Gasteiger charge is -2.12. The lowest BCUT2D eigenvalue weighted by molar-refractivity contribution is -0.253. The first-order valence-corrected chi connectivity index (χ1v) is 6.51. The highest BCUT2D eigenvalue weighted by Gasteiger charge is 2.14. The predicted molar refractivity (Wildman–Crippen MR) is 72.1 cm³/mol. The van der Waals surface area contributed by atoms with Gasteiger partial charge in [-0.1, -0.05) is 34.7 Å². The molecule has 1 aromatic rings. The molecule has 0 aliphatic rings. The number of aliphatic hydroxyl groups excluding tert-OH is 1. The molecule has 3 N–H and O–H groups in total. The summed E-state index contributed by atoms with van der Waals surface area (Å²) in [5, 5.41) is 20.3. The first kappa shape index (κ1) is 14.4. The fourth-order valence-corrected chi connectivity index (χ4v) is 1.72. The van der Waals surface area contributed by atoms with Crippen molar-refractivity contribution in [3.8, 4) is 0 Å². The van der Waals surface area contributed by atoms with E-state index in [1.165, 1.54) is 0 Å². The zero-order valence-corrected chi connectivity index (χ0v) is 11.5. The molecule has 0 heterocycles. The van der Waals surface area contributed by atoms with Crippen molar-refractivity contribution < 1.29 is 20.0 Å². The first-order chi connectivity index (χ1) is 8.08. The normalized spacial score (nSPS) is 12.2. The molecule has 1 aromatic carbocycles. The maximum absolute atomic E-state index is 11.5. The van der Waals surface area contributed by atoms with E-state index < -0.39 is 12.0 Å². The summed E-state index contributed by atoms with van der Waals surface area (Å²) in [4.78, 5) is 15.5. The summed E-state index contributed by atoms with van der Waals surface area (Å²) < 4.78 is 0.346. The Balaban J connectivity index is 2.75. The van der Waals surface area contributed by atoms with E-state index in [1.807, 2.05) is 29.5 Å². The largest absolute Gasteiger partial charge is 0.382 e. The molecule has 0 bridgehead atoms. The first-order valence-electron chi connectivity index (χ1n) is 4.99. The molecule has 0 aliphatic carbocycles. The van der Waals surface area contributed by atoms with Crippen molar-refractivity contribution >= 4 is 34.2 Å². The van der Waals surface area contributed by atoms with Crippen LogP contribution in [0.2, 0.25) is 0 Å². The Morgan fingerprint density at radius 1 is 1.59 bits per heavy atom. The number of carbonyl (C=O) groups excluding carboxylic acids is 1. The summed E-state index contributed by atoms with van der Waals surface area (Å²) >= 11 is 1.94. The molecule has 5 nitrogen and oxygen atoms in total. The summed E-state index contributed by atoms with van der Waals surface area (Å²) in [6.45, 7) is 1.93. The van der Waals surface area contributed by atoms with Gasteiger partial charge in [0.15, 0.2) is 0 Å². The quantitative estimate of drug-likeness (QED) is 0.327. The van der Waals surface area contributed by atoms with Gasteiger partial charge in [-0.15, -0.1) is 0 Å². The maximum atomic E-state index is 11.5. The molecule has 0 fully saturated rings. The van der Waals surface area contributed by atoms with Crippen LogP contribution in [0, 0.1) is 6.92 Å². The number of nitrogens with one attached hydrogen (secondary N) is 1. The Morgan fingerprint density at radius 2 is 2.29 bits per heavy atom. The van der Waals surface area contributed by atoms with Crippen LogP contribution < -0.4 is 5.32 Å². The van der Waals surface area contributed by atoms with E-state index >= 15 is 0 Å². The molecular formula is C11H14INO4. The van der Waals surface area contributed by atoms with Crippen LogP contribution in [0.5, 0.6) is 0 Å². The molecule has 0 aliphatic heterocycles. The third-order valence-corrected chi connectivity index (χ3v) is 3.06. The minimum absolute atomic E-state index is 0.103. The molecule has 1 unspecified atom stereocenters. The number of alkyl halides is 1. The highest BCUT2D eigenvalue weighted by atomic mass is 127. The van der Waals surface area contributed by atoms with Crippen molar-refractivity contribution in [2.45, 2.75) is 19.6 Å². The smallest absolute Gasteiger partial charge is 0.254 e. The highest BCUT2D eigenvalue weighted by molar-refractivity contribution is 14.1. The molecule has 1 atom stereocenters. The van der Waals surface area contributed by atoms with Gasteiger partial charge in [0.25, 0.3) is 5.91 Å². The summed E-state index contributed by atoms with van der Waals surface area (Å²) in [6.07, 6.45) is -1.00. The third kappa shape index (κ3) is 4.23. The molecule has 1 amide bonds. The van der Waals surface area contributed by atoms with Gasteiger partial charge in [-0.05, 0) is 24.1 Å². The lowest BCUT2D eigenvalue weighted by atomic mass is 10.1. The van der Waals surface area contributed by atoms with Crippen LogP contribution in [-0.4, -0.2) is 26.8 Å². The van der Waals surface area contributed by atoms with Gasteiger partial charge in [0.2, 0.25) is 0 Å². The molecule has 17 heavy (non-hydrogen) atoms. The topological polar surface area (TPSA) is 78.8 Å². The Bertz CT molecular complexity index is 397. The van der Waals surface area contributed by atoms with Gasteiger partial charge in [-0.25, -0.2) is 4.89 Å². The molecule has 0 saturated heterocycles. The second-order valence-electron chi connectivity index (χ2n) is 3.58. The molecule has 1 rings (SSSR count). The number of anilines is 1. The number of carbonyl (C=O) groups is 1. The van der Waals surface area contributed by atoms with Gasteiger partial charge >= 0.3 is 0 Å². The maximum Gasteiger partial charge on any atom is 0.254 e. The number of benzene rings is 1. The van der Waals surface area contributed by atoms with Crippen molar-refractivity contribution in [1.29, 1.82) is 0 Å². The average molecular weight is 351 g/mol. The summed E-state index contributed by atoms with van der Waals surface area (Å²) in [5.74, 6) is -0.423. The van der Waals surface area contributed by atoms with E-state index in [0.717, 1.165) is 11.1 Å². The van der Waals surface area contributed by atoms with E-state index in [9.17, 15) is 9.90 Å². The Labute approximate surface area is 113 Å². The number of hydrogen-bond acceptors (Lipinski definition) is 4. The lowest BCUT2D eigenvalue weighted by Crippen LogP contribution is -2.28. The van der Waals surface area contributed by atoms with E-state index in [-0.39, 0.29) is 6.61 Å². The van der Waals surface area contributed by atoms with Gasteiger partial charge in [0.1, 0.15) is 12.7 Å². The molecule has 0 spiro atoms. The van der Waals surface area contributed by atoms with Crippen LogP contribution in [-0.2, 0) is 16.3 Å². The average Bonchev–Trinajstić information content (AvgIpc) is 2.31. The monoisotopic (exact) mass is 351 g/mol. The minimum Gasteiger partial charge on any atom is -0.382 e. The van der Waals surface area contributed by atoms with Crippen LogP contribution in [0.1, 0.15) is 11.1 Å². The van der Waals surface area contributed by atoms with E-state index in [0.29, 0.717) is 10.1 Å². The van der Waals surface area contributed by atoms with Crippen molar-refractivity contribution in [3.63, 3.8) is 0 Å². The van der Waals surface area contributed by atoms with Crippen LogP contribution in [0.25, 0.3) is 0 Å². The molecular weight excluding hydrogens is 337 g/mol. The second-order valence-corrected chi connectivity index (χ2v) is 4.46. The fourth-order valence-electron chi connectivity index (χ4n) is 1.32. The summed E-state index contributed by atoms with van der Waals surface area (Å²) in [6, 6.07) is 5.24. The SMILES string of the molecule is Cc1cc(COO)ccc1NC(=O)C(O)CI. The number of amides is 1. The van der Waals surface area contributed by atoms with Gasteiger partial charge in [0.05, 0.1) is 0 Å². The Kier molecular flexibility index (Phi) is 5.83. The fraction of sp³-hybridized carbons (Fsp3) is 0.364. The van der Waals surface area contributed by atoms with Crippen LogP contribution in [0.15, 0.2) is 18.2 Å². The van der Waals surface area contributed by atoms with Gasteiger partial charge in [-0.2, -0.15) is 0 Å². The molecule has 0 aromatic heterocycles. The van der Waals surface area contributed by atoms with E-state index in [4.69, 9.17) is 5.26 Å². The summed E-state index contributed by atoms with van der Waals surface area (Å²) in [5.41, 5.74) is 2.28. The Morgan fingerprint density at radius 3 is 2.82 bits per heavy atom. The van der Waals surface area contributed by atoms with E-state index in [1.54, 1.807) is 18.2 Å². The number of hydrogen-bond donors (Lipinski definition) is 3. The van der Waals surface area contributed by atoms with Crippen LogP contribution in [0.4, 0.5) is 5.69 Å². The Hall–Kier alpha value is -0.700. The van der Waals surface area contributed by atoms with Crippen molar-refractivity contribution in [2.24, 2.45) is 0 Å². The van der Waals surface area contributed by atoms with Crippen LogP contribution in [0.3, 0.4) is 0 Å². The minimum atomic E-state index is -1.00. The van der Waals surface area contributed by atoms with Gasteiger partial charge < -0.3 is 10.4 Å². The molecule has 0 radical (unpaired) electrons. The van der Waals surface area contributed by atoms with Gasteiger partial charge in [0, 0.05) is 10.1 Å². The summed E-state index contributed by atoms with van der Waals surface area (Å²) in [7, 11) is 0. The van der Waals surface area contributed by atoms with Crippen molar-refractivity contribution in [1.82, 2.24) is 0 Å². The van der Waals surface area contributed by atoms with E-state index in [2.05, 4.69) is 10.2 Å². The number of aliphatic hydroxyl groups is 1. The third-order valence-electron chi connectivity index (χ3n) is 2.23. The predicted octanol–water partition coefficient (Wildman–Crippen LogP) is 1.72. The van der Waals surface area contributed by atoms with Crippen LogP contribution >= 0.6 is 22.6 Å². The van der Waals surface area contributed by atoms with Gasteiger partial charge in [-0.3, -0.25) is 10.1 Å². The zero-order chi connectivity index (χ0) is 12.8. The second kappa shape index (κ2) is 6.90. The number of halogens is 1.